The molecule has 3 heterocycles. The van der Waals surface area contributed by atoms with Gasteiger partial charge in [0.15, 0.2) is 0 Å². The van der Waals surface area contributed by atoms with E-state index in [0.29, 0.717) is 33.9 Å². The number of likely N-dealkylation sites (tertiary alicyclic amines) is 1. The molecule has 1 saturated heterocycles. The van der Waals surface area contributed by atoms with E-state index in [1.54, 1.807) is 29.3 Å². The molecule has 0 aliphatic carbocycles. The van der Waals surface area contributed by atoms with Gasteiger partial charge in [-0.25, -0.2) is 14.2 Å². The average molecular weight is 596 g/mol. The summed E-state index contributed by atoms with van der Waals surface area (Å²) in [7, 11) is 0. The smallest absolute Gasteiger partial charge is 0.410 e. The van der Waals surface area contributed by atoms with E-state index >= 15 is 0 Å². The summed E-state index contributed by atoms with van der Waals surface area (Å²) in [5, 5.41) is 7.25. The fourth-order valence-corrected chi connectivity index (χ4v) is 5.37. The molecular weight excluding hydrogens is 570 g/mol. The van der Waals surface area contributed by atoms with Crippen LogP contribution in [0.4, 0.5) is 19.9 Å². The van der Waals surface area contributed by atoms with Gasteiger partial charge in [0.1, 0.15) is 21.2 Å². The molecule has 0 radical (unpaired) electrons. The van der Waals surface area contributed by atoms with Crippen LogP contribution in [0.2, 0.25) is 0 Å². The van der Waals surface area contributed by atoms with Crippen LogP contribution in [0.5, 0.6) is 0 Å². The number of hydrogen-bond donors (Lipinski definition) is 2. The van der Waals surface area contributed by atoms with Gasteiger partial charge in [0, 0.05) is 28.2 Å². The van der Waals surface area contributed by atoms with Crippen LogP contribution in [-0.4, -0.2) is 46.6 Å². The van der Waals surface area contributed by atoms with Crippen LogP contribution < -0.4 is 10.6 Å². The molecule has 2 amide bonds. The first-order valence-corrected chi connectivity index (χ1v) is 12.9. The number of amides is 2. The number of ether oxygens (including phenoxy) is 1. The quantitative estimate of drug-likeness (QED) is 0.358. The number of nitrogens with one attached hydrogen (secondary N) is 2. The van der Waals surface area contributed by atoms with Gasteiger partial charge in [-0.05, 0) is 86.5 Å². The van der Waals surface area contributed by atoms with Crippen LogP contribution in [0.15, 0.2) is 36.5 Å². The SMILES string of the molecule is CC(C)(C)OC(=O)N1CCC[C@@H]1CNC(=O)c1c(Nc2ccc(I)cc2F)sc2ncccc12. The van der Waals surface area contributed by atoms with Crippen LogP contribution in [0.1, 0.15) is 44.0 Å². The molecule has 0 bridgehead atoms. The van der Waals surface area contributed by atoms with E-state index in [4.69, 9.17) is 4.74 Å². The van der Waals surface area contributed by atoms with Gasteiger partial charge in [0.05, 0.1) is 17.3 Å². The highest BCUT2D eigenvalue weighted by molar-refractivity contribution is 14.1. The minimum absolute atomic E-state index is 0.146. The first-order chi connectivity index (χ1) is 16.1. The standard InChI is InChI=1S/C24H26FIN4O3S/c1-24(2,3)33-23(32)30-11-5-6-15(30)13-28-20(31)19-16-7-4-10-27-21(16)34-22(19)29-18-9-8-14(26)12-17(18)25/h4,7-10,12,15,29H,5-6,11,13H2,1-3H3,(H,28,31)/t15-/m1/s1. The number of nitrogens with zero attached hydrogens (tertiary/aromatic N) is 2. The molecule has 1 aliphatic rings. The summed E-state index contributed by atoms with van der Waals surface area (Å²) in [5.74, 6) is -0.702. The maximum atomic E-state index is 14.5. The summed E-state index contributed by atoms with van der Waals surface area (Å²) in [5.41, 5.74) is 0.113. The number of anilines is 2. The van der Waals surface area contributed by atoms with E-state index in [9.17, 15) is 14.0 Å². The molecule has 2 aromatic heterocycles. The van der Waals surface area contributed by atoms with Gasteiger partial charge in [-0.1, -0.05) is 11.3 Å². The third-order valence-corrected chi connectivity index (χ3v) is 7.08. The van der Waals surface area contributed by atoms with Crippen molar-refractivity contribution in [3.63, 3.8) is 0 Å². The Hall–Kier alpha value is -2.47. The molecule has 1 atom stereocenters. The van der Waals surface area contributed by atoms with Crippen LogP contribution in [0.3, 0.4) is 0 Å². The van der Waals surface area contributed by atoms with Gasteiger partial charge in [0.2, 0.25) is 0 Å². The van der Waals surface area contributed by atoms with Gasteiger partial charge in [-0.3, -0.25) is 4.79 Å². The summed E-state index contributed by atoms with van der Waals surface area (Å²) >= 11 is 3.34. The van der Waals surface area contributed by atoms with Crippen LogP contribution >= 0.6 is 33.9 Å². The van der Waals surface area contributed by atoms with Crippen molar-refractivity contribution in [2.24, 2.45) is 0 Å². The Morgan fingerprint density at radius 3 is 2.85 bits per heavy atom. The molecule has 1 aromatic carbocycles. The lowest BCUT2D eigenvalue weighted by molar-refractivity contribution is 0.0225. The normalized spacial score (nSPS) is 16.0. The molecule has 7 nitrogen and oxygen atoms in total. The number of thiophene rings is 1. The molecular formula is C24H26FIN4O3S. The highest BCUT2D eigenvalue weighted by atomic mass is 127. The topological polar surface area (TPSA) is 83.6 Å². The number of carbonyl (C=O) groups is 2. The highest BCUT2D eigenvalue weighted by Gasteiger charge is 2.32. The van der Waals surface area contributed by atoms with E-state index in [2.05, 4.69) is 15.6 Å². The Morgan fingerprint density at radius 1 is 1.32 bits per heavy atom. The van der Waals surface area contributed by atoms with Crippen molar-refractivity contribution in [3.8, 4) is 0 Å². The van der Waals surface area contributed by atoms with E-state index < -0.39 is 11.4 Å². The zero-order chi connectivity index (χ0) is 24.5. The number of hydrogen-bond acceptors (Lipinski definition) is 6. The van der Waals surface area contributed by atoms with Crippen molar-refractivity contribution in [2.45, 2.75) is 45.3 Å². The van der Waals surface area contributed by atoms with Crippen molar-refractivity contribution in [1.29, 1.82) is 0 Å². The number of benzene rings is 1. The van der Waals surface area contributed by atoms with Gasteiger partial charge >= 0.3 is 6.09 Å². The highest BCUT2D eigenvalue weighted by Crippen LogP contribution is 2.37. The Kier molecular flexibility index (Phi) is 7.27. The first-order valence-electron chi connectivity index (χ1n) is 11.0. The van der Waals surface area contributed by atoms with Crippen LogP contribution in [0, 0.1) is 9.39 Å². The second-order valence-electron chi connectivity index (χ2n) is 9.09. The third kappa shape index (κ3) is 5.60. The number of carbonyl (C=O) groups excluding carboxylic acids is 2. The van der Waals surface area contributed by atoms with Gasteiger partial charge < -0.3 is 20.3 Å². The Bertz CT molecular complexity index is 1230. The number of pyridine rings is 1. The summed E-state index contributed by atoms with van der Waals surface area (Å²) in [6.45, 7) is 6.39. The van der Waals surface area contributed by atoms with Crippen LogP contribution in [-0.2, 0) is 4.74 Å². The lowest BCUT2D eigenvalue weighted by Gasteiger charge is -2.28. The van der Waals surface area contributed by atoms with Gasteiger partial charge in [-0.2, -0.15) is 0 Å². The molecule has 180 valence electrons. The third-order valence-electron chi connectivity index (χ3n) is 5.38. The summed E-state index contributed by atoms with van der Waals surface area (Å²) in [6, 6.07) is 8.32. The van der Waals surface area contributed by atoms with Crippen molar-refractivity contribution < 1.29 is 18.7 Å². The fourth-order valence-electron chi connectivity index (χ4n) is 3.87. The first kappa shape index (κ1) is 24.6. The monoisotopic (exact) mass is 596 g/mol. The number of halogens is 2. The molecule has 1 aliphatic heterocycles. The largest absolute Gasteiger partial charge is 0.444 e. The van der Waals surface area contributed by atoms with Gasteiger partial charge in [0.25, 0.3) is 5.91 Å². The maximum absolute atomic E-state index is 14.5. The van der Waals surface area contributed by atoms with Crippen molar-refractivity contribution in [2.75, 3.05) is 18.4 Å². The Labute approximate surface area is 215 Å². The van der Waals surface area contributed by atoms with E-state index in [1.807, 2.05) is 49.4 Å². The molecule has 1 fully saturated rings. The van der Waals surface area contributed by atoms with Crippen LogP contribution in [0.25, 0.3) is 10.2 Å². The minimum atomic E-state index is -0.582. The summed E-state index contributed by atoms with van der Waals surface area (Å²) in [4.78, 5) is 32.6. The van der Waals surface area contributed by atoms with E-state index in [1.165, 1.54) is 17.4 Å². The lowest BCUT2D eigenvalue weighted by Crippen LogP contribution is -2.45. The number of rotatable bonds is 5. The Balaban J connectivity index is 1.54. The number of aromatic nitrogens is 1. The predicted octanol–water partition coefficient (Wildman–Crippen LogP) is 5.91. The lowest BCUT2D eigenvalue weighted by atomic mass is 10.1. The molecule has 4 rings (SSSR count). The van der Waals surface area contributed by atoms with E-state index in [0.717, 1.165) is 16.4 Å². The van der Waals surface area contributed by atoms with Crippen molar-refractivity contribution in [1.82, 2.24) is 15.2 Å². The molecule has 0 saturated carbocycles. The summed E-state index contributed by atoms with van der Waals surface area (Å²) in [6.07, 6.45) is 2.92. The molecule has 0 unspecified atom stereocenters. The van der Waals surface area contributed by atoms with Crippen molar-refractivity contribution in [3.05, 3.63) is 51.5 Å². The predicted molar refractivity (Wildman–Crippen MR) is 140 cm³/mol. The molecule has 3 aromatic rings. The van der Waals surface area contributed by atoms with Crippen molar-refractivity contribution >= 4 is 66.8 Å². The second kappa shape index (κ2) is 10.0. The molecule has 0 spiro atoms. The zero-order valence-electron chi connectivity index (χ0n) is 19.2. The molecule has 10 heteroatoms. The Morgan fingerprint density at radius 2 is 2.12 bits per heavy atom. The molecule has 2 N–H and O–H groups in total. The zero-order valence-corrected chi connectivity index (χ0v) is 22.1. The fraction of sp³-hybridized carbons (Fsp3) is 0.375. The average Bonchev–Trinajstić information content (AvgIpc) is 3.37. The van der Waals surface area contributed by atoms with Gasteiger partial charge in [-0.15, -0.1) is 0 Å². The van der Waals surface area contributed by atoms with E-state index in [-0.39, 0.29) is 23.7 Å². The maximum Gasteiger partial charge on any atom is 0.410 e. The summed E-state index contributed by atoms with van der Waals surface area (Å²) < 4.78 is 20.8. The number of fused-ring (bicyclic) bond motifs is 1. The minimum Gasteiger partial charge on any atom is -0.444 e. The second-order valence-corrected chi connectivity index (χ2v) is 11.3. The molecule has 34 heavy (non-hydrogen) atoms.